The number of ether oxygens (including phenoxy) is 1. The number of morpholine rings is 1. The van der Waals surface area contributed by atoms with Crippen molar-refractivity contribution in [3.63, 3.8) is 0 Å². The van der Waals surface area contributed by atoms with E-state index in [1.165, 1.54) is 5.69 Å². The molecule has 0 bridgehead atoms. The monoisotopic (exact) mass is 262 g/mol. The largest absolute Gasteiger partial charge is 0.378 e. The minimum atomic E-state index is -0.235. The molecule has 2 rings (SSSR count). The van der Waals surface area contributed by atoms with Crippen LogP contribution in [0.25, 0.3) is 0 Å². The number of benzene rings is 1. The van der Waals surface area contributed by atoms with Crippen molar-refractivity contribution in [3.8, 4) is 0 Å². The Labute approximate surface area is 114 Å². The third-order valence-electron chi connectivity index (χ3n) is 3.59. The highest BCUT2D eigenvalue weighted by atomic mass is 16.5. The van der Waals surface area contributed by atoms with Crippen LogP contribution < -0.4 is 10.6 Å². The Morgan fingerprint density at radius 2 is 1.95 bits per heavy atom. The average molecular weight is 262 g/mol. The predicted octanol–water partition coefficient (Wildman–Crippen LogP) is 1.89. The second-order valence-electron chi connectivity index (χ2n) is 4.93. The Morgan fingerprint density at radius 3 is 2.47 bits per heavy atom. The fourth-order valence-electron chi connectivity index (χ4n) is 2.50. The van der Waals surface area contributed by atoms with E-state index in [1.807, 2.05) is 12.1 Å². The number of hydrogen-bond donors (Lipinski definition) is 1. The topological polar surface area (TPSA) is 55.6 Å². The summed E-state index contributed by atoms with van der Waals surface area (Å²) in [6.07, 6.45) is 1.77. The van der Waals surface area contributed by atoms with Gasteiger partial charge in [0, 0.05) is 18.8 Å². The first kappa shape index (κ1) is 13.9. The highest BCUT2D eigenvalue weighted by Crippen LogP contribution is 2.24. The molecule has 104 valence electrons. The van der Waals surface area contributed by atoms with Gasteiger partial charge in [-0.3, -0.25) is 4.79 Å². The van der Waals surface area contributed by atoms with Gasteiger partial charge >= 0.3 is 0 Å². The highest BCUT2D eigenvalue weighted by Gasteiger charge is 2.17. The van der Waals surface area contributed by atoms with Gasteiger partial charge in [0.05, 0.1) is 19.1 Å². The van der Waals surface area contributed by atoms with Gasteiger partial charge < -0.3 is 15.4 Å². The van der Waals surface area contributed by atoms with Crippen LogP contribution in [0.2, 0.25) is 0 Å². The summed E-state index contributed by atoms with van der Waals surface area (Å²) in [5.41, 5.74) is 7.68. The second kappa shape index (κ2) is 6.57. The van der Waals surface area contributed by atoms with Crippen molar-refractivity contribution >= 4 is 11.6 Å². The lowest BCUT2D eigenvalue weighted by molar-refractivity contribution is -0.119. The molecule has 1 heterocycles. The summed E-state index contributed by atoms with van der Waals surface area (Å²) in [6, 6.07) is 8.20. The van der Waals surface area contributed by atoms with Gasteiger partial charge in [0.25, 0.3) is 0 Å². The van der Waals surface area contributed by atoms with Gasteiger partial charge in [0.15, 0.2) is 0 Å². The van der Waals surface area contributed by atoms with Crippen LogP contribution in [0.3, 0.4) is 0 Å². The number of amides is 1. The van der Waals surface area contributed by atoms with Crippen molar-refractivity contribution in [2.45, 2.75) is 25.7 Å². The molecular weight excluding hydrogens is 240 g/mol. The van der Waals surface area contributed by atoms with Crippen LogP contribution in [0.4, 0.5) is 5.69 Å². The second-order valence-corrected chi connectivity index (χ2v) is 4.93. The zero-order valence-corrected chi connectivity index (χ0v) is 11.5. The quantitative estimate of drug-likeness (QED) is 0.881. The number of hydrogen-bond acceptors (Lipinski definition) is 3. The van der Waals surface area contributed by atoms with Crippen LogP contribution >= 0.6 is 0 Å². The Morgan fingerprint density at radius 1 is 1.32 bits per heavy atom. The van der Waals surface area contributed by atoms with Crippen LogP contribution in [0, 0.1) is 0 Å². The van der Waals surface area contributed by atoms with E-state index in [0.717, 1.165) is 44.7 Å². The van der Waals surface area contributed by atoms with Crippen LogP contribution in [-0.4, -0.2) is 32.2 Å². The fraction of sp³-hybridized carbons (Fsp3) is 0.533. The van der Waals surface area contributed by atoms with Crippen molar-refractivity contribution in [2.75, 3.05) is 31.2 Å². The maximum atomic E-state index is 11.5. The maximum absolute atomic E-state index is 11.5. The SMILES string of the molecule is CCCC(C(N)=O)c1ccc(N2CCOCC2)cc1. The maximum Gasteiger partial charge on any atom is 0.224 e. The van der Waals surface area contributed by atoms with Crippen LogP contribution in [0.15, 0.2) is 24.3 Å². The van der Waals surface area contributed by atoms with Crippen molar-refractivity contribution in [2.24, 2.45) is 5.73 Å². The van der Waals surface area contributed by atoms with E-state index < -0.39 is 0 Å². The third kappa shape index (κ3) is 3.47. The molecule has 1 atom stereocenters. The molecule has 0 radical (unpaired) electrons. The molecule has 0 spiro atoms. The van der Waals surface area contributed by atoms with Gasteiger partial charge in [-0.05, 0) is 24.1 Å². The first-order valence-corrected chi connectivity index (χ1v) is 6.94. The summed E-state index contributed by atoms with van der Waals surface area (Å²) in [5, 5.41) is 0. The van der Waals surface area contributed by atoms with E-state index in [9.17, 15) is 4.79 Å². The lowest BCUT2D eigenvalue weighted by Crippen LogP contribution is -2.36. The molecule has 2 N–H and O–H groups in total. The summed E-state index contributed by atoms with van der Waals surface area (Å²) in [4.78, 5) is 13.8. The Kier molecular flexibility index (Phi) is 4.80. The van der Waals surface area contributed by atoms with Crippen molar-refractivity contribution in [1.29, 1.82) is 0 Å². The average Bonchev–Trinajstić information content (AvgIpc) is 2.46. The van der Waals surface area contributed by atoms with Gasteiger partial charge in [0.1, 0.15) is 0 Å². The number of anilines is 1. The van der Waals surface area contributed by atoms with Gasteiger partial charge in [-0.25, -0.2) is 0 Å². The van der Waals surface area contributed by atoms with E-state index >= 15 is 0 Å². The number of nitrogens with two attached hydrogens (primary N) is 1. The molecule has 0 aromatic heterocycles. The molecule has 1 aliphatic heterocycles. The molecule has 1 saturated heterocycles. The van der Waals surface area contributed by atoms with Gasteiger partial charge in [-0.15, -0.1) is 0 Å². The highest BCUT2D eigenvalue weighted by molar-refractivity contribution is 5.82. The van der Waals surface area contributed by atoms with Crippen LogP contribution in [-0.2, 0) is 9.53 Å². The predicted molar refractivity (Wildman–Crippen MR) is 76.3 cm³/mol. The Hall–Kier alpha value is -1.55. The lowest BCUT2D eigenvalue weighted by atomic mass is 9.93. The molecule has 1 aliphatic rings. The van der Waals surface area contributed by atoms with Gasteiger partial charge in [-0.1, -0.05) is 25.5 Å². The lowest BCUT2D eigenvalue weighted by Gasteiger charge is -2.29. The molecule has 1 aromatic rings. The van der Waals surface area contributed by atoms with Crippen LogP contribution in [0.5, 0.6) is 0 Å². The van der Waals surface area contributed by atoms with E-state index in [1.54, 1.807) is 0 Å². The minimum absolute atomic E-state index is 0.163. The minimum Gasteiger partial charge on any atom is -0.378 e. The Bertz CT molecular complexity index is 411. The number of nitrogens with zero attached hydrogens (tertiary/aromatic N) is 1. The molecule has 1 unspecified atom stereocenters. The zero-order valence-electron chi connectivity index (χ0n) is 11.5. The molecule has 19 heavy (non-hydrogen) atoms. The molecule has 1 aromatic carbocycles. The molecule has 4 nitrogen and oxygen atoms in total. The number of rotatable bonds is 5. The molecular formula is C15H22N2O2. The number of carbonyl (C=O) groups is 1. The van der Waals surface area contributed by atoms with E-state index in [0.29, 0.717) is 0 Å². The number of primary amides is 1. The number of carbonyl (C=O) groups excluding carboxylic acids is 1. The van der Waals surface area contributed by atoms with Crippen molar-refractivity contribution in [1.82, 2.24) is 0 Å². The first-order valence-electron chi connectivity index (χ1n) is 6.94. The van der Waals surface area contributed by atoms with Crippen LogP contribution in [0.1, 0.15) is 31.2 Å². The molecule has 1 amide bonds. The summed E-state index contributed by atoms with van der Waals surface area (Å²) < 4.78 is 5.34. The normalized spacial score (nSPS) is 17.2. The standard InChI is InChI=1S/C15H22N2O2/c1-2-3-14(15(16)18)12-4-6-13(7-5-12)17-8-10-19-11-9-17/h4-7,14H,2-3,8-11H2,1H3,(H2,16,18). The van der Waals surface area contributed by atoms with E-state index in [-0.39, 0.29) is 11.8 Å². The Balaban J connectivity index is 2.10. The summed E-state index contributed by atoms with van der Waals surface area (Å²) in [7, 11) is 0. The third-order valence-corrected chi connectivity index (χ3v) is 3.59. The molecule has 0 saturated carbocycles. The fourth-order valence-corrected chi connectivity index (χ4v) is 2.50. The molecule has 0 aliphatic carbocycles. The summed E-state index contributed by atoms with van der Waals surface area (Å²) in [5.74, 6) is -0.398. The molecule has 1 fully saturated rings. The first-order chi connectivity index (χ1) is 9.22. The van der Waals surface area contributed by atoms with Gasteiger partial charge in [-0.2, -0.15) is 0 Å². The van der Waals surface area contributed by atoms with Crippen molar-refractivity contribution < 1.29 is 9.53 Å². The molecule has 4 heteroatoms. The summed E-state index contributed by atoms with van der Waals surface area (Å²) in [6.45, 7) is 5.47. The zero-order chi connectivity index (χ0) is 13.7. The summed E-state index contributed by atoms with van der Waals surface area (Å²) >= 11 is 0. The van der Waals surface area contributed by atoms with E-state index in [4.69, 9.17) is 10.5 Å². The van der Waals surface area contributed by atoms with Crippen molar-refractivity contribution in [3.05, 3.63) is 29.8 Å². The smallest absolute Gasteiger partial charge is 0.224 e. The van der Waals surface area contributed by atoms with Gasteiger partial charge in [0.2, 0.25) is 5.91 Å². The van der Waals surface area contributed by atoms with E-state index in [2.05, 4.69) is 24.0 Å².